The van der Waals surface area contributed by atoms with Crippen LogP contribution in [0.1, 0.15) is 57.0 Å². The number of ether oxygens (including phenoxy) is 1. The summed E-state index contributed by atoms with van der Waals surface area (Å²) >= 11 is 6.25. The van der Waals surface area contributed by atoms with Gasteiger partial charge in [-0.15, -0.1) is 0 Å². The van der Waals surface area contributed by atoms with Crippen molar-refractivity contribution in [3.8, 4) is 5.75 Å². The molecule has 2 aromatic carbocycles. The van der Waals surface area contributed by atoms with E-state index in [9.17, 15) is 4.79 Å². The summed E-state index contributed by atoms with van der Waals surface area (Å²) in [6, 6.07) is 12.3. The van der Waals surface area contributed by atoms with Gasteiger partial charge in [-0.05, 0) is 68.5 Å². The Balaban J connectivity index is 1.54. The van der Waals surface area contributed by atoms with Gasteiger partial charge in [0, 0.05) is 29.9 Å². The Kier molecular flexibility index (Phi) is 8.41. The van der Waals surface area contributed by atoms with Crippen LogP contribution in [0.3, 0.4) is 0 Å². The summed E-state index contributed by atoms with van der Waals surface area (Å²) in [4.78, 5) is 17.0. The van der Waals surface area contributed by atoms with Gasteiger partial charge in [-0.3, -0.25) is 4.79 Å². The molecule has 0 saturated heterocycles. The molecule has 33 heavy (non-hydrogen) atoms. The van der Waals surface area contributed by atoms with Gasteiger partial charge in [-0.2, -0.15) is 0 Å². The van der Waals surface area contributed by atoms with E-state index in [4.69, 9.17) is 21.3 Å². The van der Waals surface area contributed by atoms with Crippen molar-refractivity contribution < 1.29 is 9.53 Å². The average molecular weight is 470 g/mol. The minimum absolute atomic E-state index is 0.0853. The van der Waals surface area contributed by atoms with Crippen LogP contribution < -0.4 is 10.1 Å². The molecule has 1 N–H and O–H groups in total. The van der Waals surface area contributed by atoms with E-state index in [0.29, 0.717) is 13.2 Å². The van der Waals surface area contributed by atoms with Crippen LogP contribution in [0, 0.1) is 19.3 Å². The van der Waals surface area contributed by atoms with E-state index in [1.807, 2.05) is 52.8 Å². The number of fused-ring (bicyclic) bond motifs is 1. The van der Waals surface area contributed by atoms with E-state index >= 15 is 0 Å². The van der Waals surface area contributed by atoms with E-state index in [2.05, 4.69) is 28.1 Å². The normalized spacial score (nSPS) is 11.7. The van der Waals surface area contributed by atoms with Crippen LogP contribution in [0.2, 0.25) is 5.02 Å². The highest BCUT2D eigenvalue weighted by Crippen LogP contribution is 2.26. The Bertz CT molecular complexity index is 1080. The third kappa shape index (κ3) is 6.73. The predicted molar refractivity (Wildman–Crippen MR) is 136 cm³/mol. The fourth-order valence-electron chi connectivity index (χ4n) is 3.83. The van der Waals surface area contributed by atoms with E-state index in [-0.39, 0.29) is 11.3 Å². The Morgan fingerprint density at radius 1 is 1.09 bits per heavy atom. The van der Waals surface area contributed by atoms with Crippen LogP contribution in [-0.4, -0.2) is 28.6 Å². The van der Waals surface area contributed by atoms with Gasteiger partial charge in [0.2, 0.25) is 5.91 Å². The number of hydrogen-bond donors (Lipinski definition) is 1. The molecule has 3 rings (SSSR count). The highest BCUT2D eigenvalue weighted by atomic mass is 35.5. The van der Waals surface area contributed by atoms with Crippen molar-refractivity contribution in [1.82, 2.24) is 14.9 Å². The van der Waals surface area contributed by atoms with Crippen molar-refractivity contribution in [3.05, 3.63) is 58.4 Å². The van der Waals surface area contributed by atoms with Crippen LogP contribution in [0.15, 0.2) is 36.4 Å². The molecule has 0 fully saturated rings. The van der Waals surface area contributed by atoms with Crippen LogP contribution in [0.4, 0.5) is 0 Å². The summed E-state index contributed by atoms with van der Waals surface area (Å²) in [5.41, 5.74) is 3.91. The maximum atomic E-state index is 12.1. The number of aryl methyl sites for hydroxylation is 4. The zero-order chi connectivity index (χ0) is 24.0. The smallest absolute Gasteiger partial charge is 0.225 e. The summed E-state index contributed by atoms with van der Waals surface area (Å²) < 4.78 is 8.28. The second-order valence-corrected chi connectivity index (χ2v) is 10.1. The number of para-hydroxylation sites is 2. The molecule has 0 aliphatic rings. The number of halogens is 1. The van der Waals surface area contributed by atoms with Crippen molar-refractivity contribution in [2.24, 2.45) is 5.41 Å². The Hall–Kier alpha value is -2.53. The van der Waals surface area contributed by atoms with Gasteiger partial charge < -0.3 is 14.6 Å². The number of imidazole rings is 1. The number of nitrogens with one attached hydrogen (secondary N) is 1. The topological polar surface area (TPSA) is 56.1 Å². The molecule has 0 saturated carbocycles. The van der Waals surface area contributed by atoms with E-state index in [1.54, 1.807) is 0 Å². The number of benzene rings is 2. The molecule has 1 aromatic heterocycles. The lowest BCUT2D eigenvalue weighted by atomic mass is 9.96. The number of carbonyl (C=O) groups is 1. The highest BCUT2D eigenvalue weighted by Gasteiger charge is 2.20. The van der Waals surface area contributed by atoms with Gasteiger partial charge in [-0.25, -0.2) is 4.98 Å². The zero-order valence-electron chi connectivity index (χ0n) is 20.5. The first kappa shape index (κ1) is 25.1. The molecule has 3 aromatic rings. The Morgan fingerprint density at radius 3 is 2.48 bits per heavy atom. The van der Waals surface area contributed by atoms with Crippen LogP contribution in [0.5, 0.6) is 5.75 Å². The highest BCUT2D eigenvalue weighted by molar-refractivity contribution is 6.32. The molecule has 0 bridgehead atoms. The fourth-order valence-corrected chi connectivity index (χ4v) is 3.94. The van der Waals surface area contributed by atoms with Gasteiger partial charge in [0.05, 0.1) is 17.6 Å². The summed E-state index contributed by atoms with van der Waals surface area (Å²) in [5.74, 6) is 2.04. The molecule has 5 nitrogen and oxygen atoms in total. The molecule has 0 aliphatic carbocycles. The van der Waals surface area contributed by atoms with Crippen LogP contribution in [-0.2, 0) is 17.8 Å². The van der Waals surface area contributed by atoms with Crippen molar-refractivity contribution in [2.75, 3.05) is 13.2 Å². The number of amides is 1. The first-order valence-electron chi connectivity index (χ1n) is 11.8. The number of carbonyl (C=O) groups excluding carboxylic acids is 1. The third-order valence-electron chi connectivity index (χ3n) is 5.73. The quantitative estimate of drug-likeness (QED) is 0.356. The number of aromatic nitrogens is 2. The molecule has 6 heteroatoms. The molecule has 178 valence electrons. The number of rotatable bonds is 10. The minimum atomic E-state index is -0.362. The first-order chi connectivity index (χ1) is 15.7. The lowest BCUT2D eigenvalue weighted by Crippen LogP contribution is -2.35. The van der Waals surface area contributed by atoms with Crippen molar-refractivity contribution in [2.45, 2.75) is 66.8 Å². The van der Waals surface area contributed by atoms with Crippen LogP contribution in [0.25, 0.3) is 11.0 Å². The van der Waals surface area contributed by atoms with Gasteiger partial charge in [-0.1, -0.05) is 44.5 Å². The van der Waals surface area contributed by atoms with Gasteiger partial charge >= 0.3 is 0 Å². The maximum absolute atomic E-state index is 12.1. The molecule has 0 spiro atoms. The third-order valence-corrected chi connectivity index (χ3v) is 6.33. The van der Waals surface area contributed by atoms with Crippen molar-refractivity contribution in [1.29, 1.82) is 0 Å². The molecule has 0 radical (unpaired) electrons. The van der Waals surface area contributed by atoms with Crippen LogP contribution >= 0.6 is 11.6 Å². The minimum Gasteiger partial charge on any atom is -0.494 e. The Morgan fingerprint density at radius 2 is 1.79 bits per heavy atom. The van der Waals surface area contributed by atoms with E-state index in [0.717, 1.165) is 71.0 Å². The summed E-state index contributed by atoms with van der Waals surface area (Å²) in [6.07, 6.45) is 3.65. The summed E-state index contributed by atoms with van der Waals surface area (Å²) in [5, 5.41) is 3.84. The standard InChI is InChI=1S/C27H36ClN3O2/c1-19-17-21(18-20(2)25(19)28)33-16-9-8-15-31-23-12-7-6-11-22(23)30-24(31)13-10-14-29-26(32)27(3,4)5/h6-7,11-12,17-18H,8-10,13-16H2,1-5H3,(H,29,32). The molecule has 1 amide bonds. The summed E-state index contributed by atoms with van der Waals surface area (Å²) in [6.45, 7) is 12.0. The first-order valence-corrected chi connectivity index (χ1v) is 12.2. The lowest BCUT2D eigenvalue weighted by molar-refractivity contribution is -0.128. The average Bonchev–Trinajstić information content (AvgIpc) is 3.11. The predicted octanol–water partition coefficient (Wildman–Crippen LogP) is 6.26. The number of nitrogens with zero attached hydrogens (tertiary/aromatic N) is 2. The number of hydrogen-bond acceptors (Lipinski definition) is 3. The van der Waals surface area contributed by atoms with E-state index in [1.165, 1.54) is 0 Å². The van der Waals surface area contributed by atoms with E-state index < -0.39 is 0 Å². The molecule has 0 unspecified atom stereocenters. The SMILES string of the molecule is Cc1cc(OCCCCn2c(CCCNC(=O)C(C)(C)C)nc3ccccc32)cc(C)c1Cl. The van der Waals surface area contributed by atoms with Gasteiger partial charge in [0.15, 0.2) is 0 Å². The number of unbranched alkanes of at least 4 members (excludes halogenated alkanes) is 1. The van der Waals surface area contributed by atoms with Crippen molar-refractivity contribution >= 4 is 28.5 Å². The largest absolute Gasteiger partial charge is 0.494 e. The fraction of sp³-hybridized carbons (Fsp3) is 0.481. The zero-order valence-corrected chi connectivity index (χ0v) is 21.3. The monoisotopic (exact) mass is 469 g/mol. The summed E-state index contributed by atoms with van der Waals surface area (Å²) in [7, 11) is 0. The Labute approximate surface area is 202 Å². The molecule has 1 heterocycles. The molecule has 0 atom stereocenters. The van der Waals surface area contributed by atoms with Gasteiger partial charge in [0.1, 0.15) is 11.6 Å². The van der Waals surface area contributed by atoms with Gasteiger partial charge in [0.25, 0.3) is 0 Å². The second kappa shape index (κ2) is 11.1. The molecule has 0 aliphatic heterocycles. The second-order valence-electron chi connectivity index (χ2n) is 9.70. The molecular weight excluding hydrogens is 434 g/mol. The molecular formula is C27H36ClN3O2. The maximum Gasteiger partial charge on any atom is 0.225 e. The van der Waals surface area contributed by atoms with Crippen molar-refractivity contribution in [3.63, 3.8) is 0 Å². The lowest BCUT2D eigenvalue weighted by Gasteiger charge is -2.17.